The molecule has 1 amide bonds. The largest absolute Gasteiger partial charge is 0.489 e. The molecule has 1 saturated heterocycles. The molecule has 0 spiro atoms. The molecule has 1 N–H and O–H groups in total. The second kappa shape index (κ2) is 9.39. The number of hydrogen-bond donors (Lipinski definition) is 1. The van der Waals surface area contributed by atoms with Crippen LogP contribution in [-0.4, -0.2) is 17.9 Å². The van der Waals surface area contributed by atoms with Crippen LogP contribution in [0.3, 0.4) is 0 Å². The Morgan fingerprint density at radius 1 is 1.06 bits per heavy atom. The molecule has 5 rings (SSSR count). The molecule has 0 aliphatic carbocycles. The van der Waals surface area contributed by atoms with E-state index in [0.29, 0.717) is 32.4 Å². The van der Waals surface area contributed by atoms with Gasteiger partial charge in [-0.3, -0.25) is 4.79 Å². The van der Waals surface area contributed by atoms with E-state index < -0.39 is 0 Å². The lowest BCUT2D eigenvalue weighted by atomic mass is 10.2. The van der Waals surface area contributed by atoms with Crippen LogP contribution in [-0.2, 0) is 11.4 Å². The van der Waals surface area contributed by atoms with Crippen LogP contribution in [0.5, 0.6) is 17.2 Å². The summed E-state index contributed by atoms with van der Waals surface area (Å²) >= 11 is 13.4. The molecule has 0 saturated carbocycles. The zero-order chi connectivity index (χ0) is 22.8. The summed E-state index contributed by atoms with van der Waals surface area (Å²) in [5.41, 5.74) is 2.35. The van der Waals surface area contributed by atoms with Crippen LogP contribution in [0.1, 0.15) is 11.1 Å². The Hall–Kier alpha value is -3.13. The predicted octanol–water partition coefficient (Wildman–Crippen LogP) is 6.19. The van der Waals surface area contributed by atoms with Crippen molar-refractivity contribution < 1.29 is 19.0 Å². The number of carbonyl (C=O) groups excluding carboxylic acids is 1. The molecule has 2 aliphatic heterocycles. The summed E-state index contributed by atoms with van der Waals surface area (Å²) in [6, 6.07) is 18.4. The minimum Gasteiger partial charge on any atom is -0.489 e. The Balaban J connectivity index is 1.24. The molecule has 6 nitrogen and oxygen atoms in total. The highest BCUT2D eigenvalue weighted by Gasteiger charge is 2.24. The number of fused-ring (bicyclic) bond motifs is 1. The number of thioether (sulfide) groups is 1. The molecule has 0 unspecified atom stereocenters. The standard InChI is InChI=1S/C24H16Cl2N2O4S/c25-17-2-1-3-18(22(17)26)27-24-28-23(29)21(33-24)11-14-4-7-16(8-5-14)30-12-15-6-9-19-20(10-15)32-13-31-19/h1-11H,12-13H2,(H,27,28,29)/b21-11-. The lowest BCUT2D eigenvalue weighted by Crippen LogP contribution is -2.19. The maximum Gasteiger partial charge on any atom is 0.264 e. The van der Waals surface area contributed by atoms with Gasteiger partial charge < -0.3 is 19.5 Å². The number of benzene rings is 3. The number of aliphatic imine (C=N–C) groups is 1. The highest BCUT2D eigenvalue weighted by molar-refractivity contribution is 8.18. The fraction of sp³-hybridized carbons (Fsp3) is 0.0833. The smallest absolute Gasteiger partial charge is 0.264 e. The second-order valence-electron chi connectivity index (χ2n) is 7.10. The van der Waals surface area contributed by atoms with Gasteiger partial charge in [-0.15, -0.1) is 0 Å². The number of nitrogens with zero attached hydrogens (tertiary/aromatic N) is 1. The molecule has 0 aromatic heterocycles. The average molecular weight is 499 g/mol. The van der Waals surface area contributed by atoms with Crippen LogP contribution in [0, 0.1) is 0 Å². The highest BCUT2D eigenvalue weighted by atomic mass is 35.5. The summed E-state index contributed by atoms with van der Waals surface area (Å²) in [7, 11) is 0. The van der Waals surface area contributed by atoms with Gasteiger partial charge >= 0.3 is 0 Å². The van der Waals surface area contributed by atoms with Gasteiger partial charge in [-0.1, -0.05) is 47.5 Å². The van der Waals surface area contributed by atoms with Crippen molar-refractivity contribution in [2.24, 2.45) is 4.99 Å². The average Bonchev–Trinajstić information content (AvgIpc) is 3.42. The van der Waals surface area contributed by atoms with Crippen LogP contribution in [0.2, 0.25) is 10.0 Å². The molecule has 0 radical (unpaired) electrons. The van der Waals surface area contributed by atoms with E-state index in [1.54, 1.807) is 24.3 Å². The first-order valence-corrected chi connectivity index (χ1v) is 11.5. The van der Waals surface area contributed by atoms with Gasteiger partial charge in [0.05, 0.1) is 20.6 Å². The van der Waals surface area contributed by atoms with Crippen LogP contribution in [0.15, 0.2) is 70.6 Å². The SMILES string of the molecule is O=C1NC(=Nc2cccc(Cl)c2Cl)S/C1=C\c1ccc(OCc2ccc3c(c2)OCO3)cc1. The fourth-order valence-electron chi connectivity index (χ4n) is 3.18. The maximum atomic E-state index is 12.4. The third-order valence-corrected chi connectivity index (χ3v) is 6.54. The molecule has 33 heavy (non-hydrogen) atoms. The number of halogens is 2. The molecular weight excluding hydrogens is 483 g/mol. The summed E-state index contributed by atoms with van der Waals surface area (Å²) in [6.45, 7) is 0.649. The third-order valence-electron chi connectivity index (χ3n) is 4.82. The Kier molecular flexibility index (Phi) is 6.17. The lowest BCUT2D eigenvalue weighted by Gasteiger charge is -2.07. The molecule has 166 valence electrons. The minimum absolute atomic E-state index is 0.222. The Morgan fingerprint density at radius 2 is 1.88 bits per heavy atom. The first-order chi connectivity index (χ1) is 16.0. The number of rotatable bonds is 5. The predicted molar refractivity (Wildman–Crippen MR) is 131 cm³/mol. The zero-order valence-electron chi connectivity index (χ0n) is 17.0. The number of amidine groups is 1. The van der Waals surface area contributed by atoms with Crippen LogP contribution >= 0.6 is 35.0 Å². The first kappa shape index (κ1) is 21.7. The van der Waals surface area contributed by atoms with Crippen molar-refractivity contribution >= 4 is 57.8 Å². The summed E-state index contributed by atoms with van der Waals surface area (Å²) in [5, 5.41) is 3.94. The molecule has 0 bridgehead atoms. The number of amides is 1. The van der Waals surface area contributed by atoms with Crippen molar-refractivity contribution in [3.05, 3.63) is 86.7 Å². The summed E-state index contributed by atoms with van der Waals surface area (Å²) < 4.78 is 16.6. The van der Waals surface area contributed by atoms with E-state index in [1.807, 2.05) is 42.5 Å². The summed E-state index contributed by atoms with van der Waals surface area (Å²) in [5.74, 6) is 1.97. The van der Waals surface area contributed by atoms with Gasteiger partial charge in [-0.25, -0.2) is 4.99 Å². The number of nitrogens with one attached hydrogen (secondary N) is 1. The van der Waals surface area contributed by atoms with Crippen molar-refractivity contribution in [2.45, 2.75) is 6.61 Å². The van der Waals surface area contributed by atoms with E-state index in [-0.39, 0.29) is 12.7 Å². The van der Waals surface area contributed by atoms with Gasteiger partial charge in [0.2, 0.25) is 6.79 Å². The van der Waals surface area contributed by atoms with Gasteiger partial charge in [-0.05, 0) is 65.4 Å². The fourth-order valence-corrected chi connectivity index (χ4v) is 4.35. The van der Waals surface area contributed by atoms with Crippen LogP contribution in [0.25, 0.3) is 6.08 Å². The number of ether oxygens (including phenoxy) is 3. The van der Waals surface area contributed by atoms with Gasteiger partial charge in [-0.2, -0.15) is 0 Å². The Labute approximate surface area is 204 Å². The van der Waals surface area contributed by atoms with E-state index in [9.17, 15) is 4.79 Å². The summed E-state index contributed by atoms with van der Waals surface area (Å²) in [4.78, 5) is 17.3. The minimum atomic E-state index is -0.222. The third kappa shape index (κ3) is 4.95. The van der Waals surface area contributed by atoms with Gasteiger partial charge in [0, 0.05) is 0 Å². The van der Waals surface area contributed by atoms with Crippen molar-refractivity contribution in [1.82, 2.24) is 5.32 Å². The number of carbonyl (C=O) groups is 1. The lowest BCUT2D eigenvalue weighted by molar-refractivity contribution is -0.115. The quantitative estimate of drug-likeness (QED) is 0.424. The molecule has 0 atom stereocenters. The van der Waals surface area contributed by atoms with E-state index in [2.05, 4.69) is 10.3 Å². The molecule has 2 heterocycles. The van der Waals surface area contributed by atoms with Crippen molar-refractivity contribution in [2.75, 3.05) is 6.79 Å². The first-order valence-electron chi connectivity index (χ1n) is 9.90. The maximum absolute atomic E-state index is 12.4. The monoisotopic (exact) mass is 498 g/mol. The number of hydrogen-bond acceptors (Lipinski definition) is 6. The molecule has 2 aliphatic rings. The molecule has 1 fully saturated rings. The van der Waals surface area contributed by atoms with Crippen LogP contribution in [0.4, 0.5) is 5.69 Å². The topological polar surface area (TPSA) is 69.2 Å². The van der Waals surface area contributed by atoms with Crippen molar-refractivity contribution in [3.63, 3.8) is 0 Å². The Bertz CT molecular complexity index is 1290. The molecule has 3 aromatic carbocycles. The Morgan fingerprint density at radius 3 is 2.73 bits per heavy atom. The van der Waals surface area contributed by atoms with E-state index in [1.165, 1.54) is 11.8 Å². The molecule has 9 heteroatoms. The highest BCUT2D eigenvalue weighted by Crippen LogP contribution is 2.35. The second-order valence-corrected chi connectivity index (χ2v) is 8.92. The van der Waals surface area contributed by atoms with Gasteiger partial charge in [0.15, 0.2) is 16.7 Å². The van der Waals surface area contributed by atoms with E-state index >= 15 is 0 Å². The normalized spacial score (nSPS) is 17.0. The van der Waals surface area contributed by atoms with Crippen molar-refractivity contribution in [1.29, 1.82) is 0 Å². The van der Waals surface area contributed by atoms with E-state index in [4.69, 9.17) is 37.4 Å². The van der Waals surface area contributed by atoms with E-state index in [0.717, 1.165) is 28.4 Å². The van der Waals surface area contributed by atoms with Crippen LogP contribution < -0.4 is 19.5 Å². The van der Waals surface area contributed by atoms with Crippen molar-refractivity contribution in [3.8, 4) is 17.2 Å². The van der Waals surface area contributed by atoms with Gasteiger partial charge in [0.25, 0.3) is 5.91 Å². The zero-order valence-corrected chi connectivity index (χ0v) is 19.3. The van der Waals surface area contributed by atoms with Gasteiger partial charge in [0.1, 0.15) is 12.4 Å². The molecule has 3 aromatic rings. The summed E-state index contributed by atoms with van der Waals surface area (Å²) in [6.07, 6.45) is 1.80. The molecular formula is C24H16Cl2N2O4S.